The molecule has 1 aliphatic carbocycles. The molecule has 1 N–H and O–H groups in total. The van der Waals surface area contributed by atoms with Crippen LogP contribution in [-0.4, -0.2) is 27.0 Å². The van der Waals surface area contributed by atoms with Crippen molar-refractivity contribution in [2.45, 2.75) is 6.42 Å². The summed E-state index contributed by atoms with van der Waals surface area (Å²) in [6, 6.07) is 10.5. The highest BCUT2D eigenvalue weighted by molar-refractivity contribution is 5.89. The molecular formula is C20H19N5. The van der Waals surface area contributed by atoms with Gasteiger partial charge in [0, 0.05) is 37.9 Å². The van der Waals surface area contributed by atoms with Crippen molar-refractivity contribution < 1.29 is 0 Å². The Kier molecular flexibility index (Phi) is 3.69. The van der Waals surface area contributed by atoms with Crippen molar-refractivity contribution in [1.29, 1.82) is 0 Å². The monoisotopic (exact) mass is 329 g/mol. The SMILES string of the molecule is C=C/C(=C\NC)c1ccc2c(n1)CC=C2c1ccc2nnn(C)c2c1. The molecule has 0 bridgehead atoms. The molecule has 2 heterocycles. The third-order valence-electron chi connectivity index (χ3n) is 4.50. The summed E-state index contributed by atoms with van der Waals surface area (Å²) in [6.07, 6.45) is 6.80. The summed E-state index contributed by atoms with van der Waals surface area (Å²) >= 11 is 0. The van der Waals surface area contributed by atoms with E-state index in [1.165, 1.54) is 16.7 Å². The third kappa shape index (κ3) is 2.54. The van der Waals surface area contributed by atoms with Crippen molar-refractivity contribution in [2.24, 2.45) is 7.05 Å². The number of hydrogen-bond acceptors (Lipinski definition) is 4. The minimum absolute atomic E-state index is 0.837. The molecule has 0 saturated carbocycles. The Morgan fingerprint density at radius 1 is 1.28 bits per heavy atom. The van der Waals surface area contributed by atoms with Crippen LogP contribution in [0.5, 0.6) is 0 Å². The van der Waals surface area contributed by atoms with E-state index in [1.54, 1.807) is 4.68 Å². The van der Waals surface area contributed by atoms with Crippen molar-refractivity contribution in [1.82, 2.24) is 25.3 Å². The molecule has 2 aromatic heterocycles. The zero-order valence-corrected chi connectivity index (χ0v) is 14.3. The average Bonchev–Trinajstić information content (AvgIpc) is 3.22. The van der Waals surface area contributed by atoms with Crippen molar-refractivity contribution in [3.05, 3.63) is 77.8 Å². The van der Waals surface area contributed by atoms with Gasteiger partial charge in [0.2, 0.25) is 0 Å². The van der Waals surface area contributed by atoms with E-state index < -0.39 is 0 Å². The number of aryl methyl sites for hydroxylation is 1. The van der Waals surface area contributed by atoms with Crippen LogP contribution in [0, 0.1) is 0 Å². The molecule has 0 atom stereocenters. The van der Waals surface area contributed by atoms with E-state index in [1.807, 2.05) is 38.5 Å². The van der Waals surface area contributed by atoms with Gasteiger partial charge in [-0.2, -0.15) is 0 Å². The Bertz CT molecular complexity index is 1040. The lowest BCUT2D eigenvalue weighted by molar-refractivity contribution is 0.736. The van der Waals surface area contributed by atoms with Crippen LogP contribution in [0.1, 0.15) is 22.5 Å². The molecule has 5 heteroatoms. The van der Waals surface area contributed by atoms with E-state index in [4.69, 9.17) is 4.98 Å². The van der Waals surface area contributed by atoms with Gasteiger partial charge in [0.15, 0.2) is 0 Å². The lowest BCUT2D eigenvalue weighted by Gasteiger charge is -2.09. The number of fused-ring (bicyclic) bond motifs is 2. The summed E-state index contributed by atoms with van der Waals surface area (Å²) in [4.78, 5) is 4.83. The smallest absolute Gasteiger partial charge is 0.113 e. The number of benzene rings is 1. The molecule has 1 aromatic carbocycles. The summed E-state index contributed by atoms with van der Waals surface area (Å²) < 4.78 is 1.80. The Hall–Kier alpha value is -3.21. The Balaban J connectivity index is 1.74. The summed E-state index contributed by atoms with van der Waals surface area (Å²) in [5.41, 5.74) is 8.53. The molecule has 0 unspecified atom stereocenters. The predicted octanol–water partition coefficient (Wildman–Crippen LogP) is 3.10. The molecule has 5 nitrogen and oxygen atoms in total. The van der Waals surface area contributed by atoms with Gasteiger partial charge in [-0.05, 0) is 29.3 Å². The number of nitrogens with zero attached hydrogens (tertiary/aromatic N) is 4. The molecule has 0 fully saturated rings. The van der Waals surface area contributed by atoms with Gasteiger partial charge in [0.05, 0.1) is 16.9 Å². The maximum Gasteiger partial charge on any atom is 0.113 e. The summed E-state index contributed by atoms with van der Waals surface area (Å²) in [6.45, 7) is 3.87. The molecule has 0 saturated heterocycles. The fraction of sp³-hybridized carbons (Fsp3) is 0.150. The molecule has 124 valence electrons. The first-order valence-electron chi connectivity index (χ1n) is 8.22. The van der Waals surface area contributed by atoms with Crippen LogP contribution in [-0.2, 0) is 13.5 Å². The van der Waals surface area contributed by atoms with E-state index in [-0.39, 0.29) is 0 Å². The summed E-state index contributed by atoms with van der Waals surface area (Å²) in [7, 11) is 3.79. The first-order chi connectivity index (χ1) is 12.2. The molecule has 0 radical (unpaired) electrons. The average molecular weight is 329 g/mol. The van der Waals surface area contributed by atoms with Crippen LogP contribution in [0.3, 0.4) is 0 Å². The second-order valence-corrected chi connectivity index (χ2v) is 6.02. The van der Waals surface area contributed by atoms with Crippen LogP contribution in [0.25, 0.3) is 22.2 Å². The lowest BCUT2D eigenvalue weighted by atomic mass is 10.00. The fourth-order valence-corrected chi connectivity index (χ4v) is 3.24. The highest BCUT2D eigenvalue weighted by Gasteiger charge is 2.18. The van der Waals surface area contributed by atoms with Gasteiger partial charge in [-0.15, -0.1) is 5.10 Å². The molecule has 1 aliphatic rings. The normalized spacial score (nSPS) is 13.7. The van der Waals surface area contributed by atoms with Crippen molar-refractivity contribution >= 4 is 22.2 Å². The zero-order valence-electron chi connectivity index (χ0n) is 14.3. The number of pyridine rings is 1. The number of hydrogen-bond donors (Lipinski definition) is 1. The Labute approximate surface area is 146 Å². The molecule has 0 aliphatic heterocycles. The quantitative estimate of drug-likeness (QED) is 0.747. The van der Waals surface area contributed by atoms with E-state index in [2.05, 4.69) is 46.5 Å². The maximum atomic E-state index is 4.83. The highest BCUT2D eigenvalue weighted by atomic mass is 15.4. The van der Waals surface area contributed by atoms with Gasteiger partial charge in [0.1, 0.15) is 5.52 Å². The van der Waals surface area contributed by atoms with E-state index in [0.717, 1.165) is 34.4 Å². The summed E-state index contributed by atoms with van der Waals surface area (Å²) in [5.74, 6) is 0. The van der Waals surface area contributed by atoms with E-state index in [9.17, 15) is 0 Å². The topological polar surface area (TPSA) is 55.6 Å². The molecule has 4 rings (SSSR count). The van der Waals surface area contributed by atoms with Gasteiger partial charge in [-0.1, -0.05) is 36.1 Å². The minimum Gasteiger partial charge on any atom is -0.393 e. The van der Waals surface area contributed by atoms with Gasteiger partial charge in [0.25, 0.3) is 0 Å². The van der Waals surface area contributed by atoms with Gasteiger partial charge in [-0.25, -0.2) is 4.68 Å². The fourth-order valence-electron chi connectivity index (χ4n) is 3.24. The number of aromatic nitrogens is 4. The van der Waals surface area contributed by atoms with Crippen LogP contribution < -0.4 is 5.32 Å². The molecule has 3 aromatic rings. The first kappa shape index (κ1) is 15.3. The van der Waals surface area contributed by atoms with Gasteiger partial charge in [-0.3, -0.25) is 4.98 Å². The van der Waals surface area contributed by atoms with E-state index >= 15 is 0 Å². The second kappa shape index (κ2) is 6.02. The minimum atomic E-state index is 0.837. The standard InChI is InChI=1S/C20H19N5/c1-4-13(12-21-2)17-9-7-16-15(6-10-18(16)22-17)14-5-8-19-20(11-14)25(3)24-23-19/h4-9,11-12,21H,1,10H2,2-3H3/b13-12+. The summed E-state index contributed by atoms with van der Waals surface area (Å²) in [5, 5.41) is 11.3. The Morgan fingerprint density at radius 3 is 2.96 bits per heavy atom. The van der Waals surface area contributed by atoms with Gasteiger partial charge >= 0.3 is 0 Å². The van der Waals surface area contributed by atoms with Crippen LogP contribution in [0.15, 0.2) is 55.3 Å². The third-order valence-corrected chi connectivity index (χ3v) is 4.50. The van der Waals surface area contributed by atoms with Crippen LogP contribution >= 0.6 is 0 Å². The van der Waals surface area contributed by atoms with Gasteiger partial charge < -0.3 is 5.32 Å². The molecule has 0 spiro atoms. The predicted molar refractivity (Wildman–Crippen MR) is 101 cm³/mol. The number of allylic oxidation sites excluding steroid dienone is 3. The zero-order chi connectivity index (χ0) is 17.4. The largest absolute Gasteiger partial charge is 0.393 e. The van der Waals surface area contributed by atoms with Crippen molar-refractivity contribution in [3.8, 4) is 0 Å². The second-order valence-electron chi connectivity index (χ2n) is 6.02. The first-order valence-corrected chi connectivity index (χ1v) is 8.22. The van der Waals surface area contributed by atoms with Crippen molar-refractivity contribution in [3.63, 3.8) is 0 Å². The lowest BCUT2D eigenvalue weighted by Crippen LogP contribution is -1.99. The number of nitrogens with one attached hydrogen (secondary N) is 1. The molecular weight excluding hydrogens is 310 g/mol. The molecule has 0 amide bonds. The highest BCUT2D eigenvalue weighted by Crippen LogP contribution is 2.33. The van der Waals surface area contributed by atoms with E-state index in [0.29, 0.717) is 0 Å². The molecule has 25 heavy (non-hydrogen) atoms. The maximum absolute atomic E-state index is 4.83. The Morgan fingerprint density at radius 2 is 2.16 bits per heavy atom. The van der Waals surface area contributed by atoms with Crippen LogP contribution in [0.4, 0.5) is 0 Å². The number of rotatable bonds is 4. The van der Waals surface area contributed by atoms with Crippen LogP contribution in [0.2, 0.25) is 0 Å². The van der Waals surface area contributed by atoms with Crippen molar-refractivity contribution in [2.75, 3.05) is 7.05 Å².